The lowest BCUT2D eigenvalue weighted by atomic mass is 9.77. The van der Waals surface area contributed by atoms with Gasteiger partial charge in [0.1, 0.15) is 0 Å². The van der Waals surface area contributed by atoms with Gasteiger partial charge in [0.15, 0.2) is 6.29 Å². The molecule has 1 rings (SSSR count). The van der Waals surface area contributed by atoms with Gasteiger partial charge >= 0.3 is 0 Å². The van der Waals surface area contributed by atoms with Crippen LogP contribution in [0.2, 0.25) is 0 Å². The molecule has 0 amide bonds. The molecule has 0 spiro atoms. The molecule has 4 atom stereocenters. The molecule has 1 aliphatic rings. The van der Waals surface area contributed by atoms with E-state index in [1.54, 1.807) is 0 Å². The van der Waals surface area contributed by atoms with E-state index in [0.29, 0.717) is 5.92 Å². The number of rotatable bonds is 4. The first-order valence-electron chi connectivity index (χ1n) is 5.61. The predicted molar refractivity (Wildman–Crippen MR) is 56.7 cm³/mol. The van der Waals surface area contributed by atoms with Crippen LogP contribution in [-0.2, 0) is 4.74 Å². The van der Waals surface area contributed by atoms with Gasteiger partial charge in [-0.3, -0.25) is 0 Å². The van der Waals surface area contributed by atoms with Crippen molar-refractivity contribution in [2.24, 2.45) is 17.6 Å². The van der Waals surface area contributed by atoms with E-state index in [9.17, 15) is 5.11 Å². The molecule has 3 heteroatoms. The summed E-state index contributed by atoms with van der Waals surface area (Å²) in [6.45, 7) is 2.29. The van der Waals surface area contributed by atoms with E-state index in [0.717, 1.165) is 12.3 Å². The Balaban J connectivity index is 2.34. The molecule has 0 heterocycles. The number of ether oxygens (including phenoxy) is 1. The molecule has 3 nitrogen and oxygen atoms in total. The van der Waals surface area contributed by atoms with Crippen LogP contribution in [0.5, 0.6) is 0 Å². The summed E-state index contributed by atoms with van der Waals surface area (Å²) in [5.41, 5.74) is 5.85. The highest BCUT2D eigenvalue weighted by Gasteiger charge is 2.25. The van der Waals surface area contributed by atoms with Gasteiger partial charge in [0.25, 0.3) is 0 Å². The van der Waals surface area contributed by atoms with Crippen molar-refractivity contribution in [3.8, 4) is 0 Å². The van der Waals surface area contributed by atoms with Crippen molar-refractivity contribution in [3.05, 3.63) is 0 Å². The summed E-state index contributed by atoms with van der Waals surface area (Å²) >= 11 is 0. The molecule has 1 fully saturated rings. The van der Waals surface area contributed by atoms with E-state index in [2.05, 4.69) is 6.92 Å². The first-order valence-corrected chi connectivity index (χ1v) is 5.61. The normalized spacial score (nSPS) is 32.6. The molecular formula is C11H23NO2. The minimum atomic E-state index is -0.802. The van der Waals surface area contributed by atoms with Crippen molar-refractivity contribution in [1.29, 1.82) is 0 Å². The predicted octanol–water partition coefficient (Wildman–Crippen LogP) is 1.49. The molecule has 0 aromatic heterocycles. The average Bonchev–Trinajstić information content (AvgIpc) is 2.20. The van der Waals surface area contributed by atoms with Crippen molar-refractivity contribution >= 4 is 0 Å². The highest BCUT2D eigenvalue weighted by molar-refractivity contribution is 4.77. The molecule has 1 saturated carbocycles. The Kier molecular flexibility index (Phi) is 4.85. The molecule has 14 heavy (non-hydrogen) atoms. The number of aliphatic hydroxyl groups is 1. The van der Waals surface area contributed by atoms with E-state index in [4.69, 9.17) is 10.5 Å². The van der Waals surface area contributed by atoms with E-state index in [-0.39, 0.29) is 6.04 Å². The van der Waals surface area contributed by atoms with Crippen LogP contribution in [0.4, 0.5) is 0 Å². The van der Waals surface area contributed by atoms with Gasteiger partial charge in [-0.25, -0.2) is 0 Å². The number of aliphatic hydroxyl groups excluding tert-OH is 1. The Morgan fingerprint density at radius 2 is 2.07 bits per heavy atom. The highest BCUT2D eigenvalue weighted by atomic mass is 16.6. The second kappa shape index (κ2) is 5.69. The van der Waals surface area contributed by atoms with Crippen molar-refractivity contribution in [1.82, 2.24) is 0 Å². The summed E-state index contributed by atoms with van der Waals surface area (Å²) < 4.78 is 4.82. The first kappa shape index (κ1) is 12.0. The van der Waals surface area contributed by atoms with Crippen LogP contribution in [0.15, 0.2) is 0 Å². The molecule has 0 aliphatic heterocycles. The van der Waals surface area contributed by atoms with Gasteiger partial charge in [-0.1, -0.05) is 32.6 Å². The van der Waals surface area contributed by atoms with Crippen LogP contribution in [0.3, 0.4) is 0 Å². The molecule has 0 aromatic rings. The topological polar surface area (TPSA) is 55.5 Å². The summed E-state index contributed by atoms with van der Waals surface area (Å²) in [6.07, 6.45) is 5.30. The lowest BCUT2D eigenvalue weighted by Crippen LogP contribution is -2.39. The summed E-state index contributed by atoms with van der Waals surface area (Å²) in [5, 5.41) is 9.40. The van der Waals surface area contributed by atoms with Crippen LogP contribution in [0.25, 0.3) is 0 Å². The fraction of sp³-hybridized carbons (Fsp3) is 1.00. The zero-order valence-corrected chi connectivity index (χ0v) is 9.28. The average molecular weight is 201 g/mol. The molecular weight excluding hydrogens is 178 g/mol. The maximum atomic E-state index is 9.40. The number of nitrogens with two attached hydrogens (primary N) is 1. The van der Waals surface area contributed by atoms with Gasteiger partial charge in [0.2, 0.25) is 0 Å². The quantitative estimate of drug-likeness (QED) is 0.678. The summed E-state index contributed by atoms with van der Waals surface area (Å²) in [5.74, 6) is 1.42. The Morgan fingerprint density at radius 3 is 2.64 bits per heavy atom. The molecule has 0 aromatic carbocycles. The minimum Gasteiger partial charge on any atom is -0.367 e. The van der Waals surface area contributed by atoms with Gasteiger partial charge in [-0.15, -0.1) is 0 Å². The van der Waals surface area contributed by atoms with Gasteiger partial charge in [0, 0.05) is 7.11 Å². The third kappa shape index (κ3) is 3.23. The maximum Gasteiger partial charge on any atom is 0.169 e. The van der Waals surface area contributed by atoms with Crippen molar-refractivity contribution in [3.63, 3.8) is 0 Å². The molecule has 0 radical (unpaired) electrons. The van der Waals surface area contributed by atoms with Crippen LogP contribution < -0.4 is 5.73 Å². The minimum absolute atomic E-state index is 0.231. The lowest BCUT2D eigenvalue weighted by Gasteiger charge is -2.31. The number of hydrogen-bond donors (Lipinski definition) is 2. The second-order valence-corrected chi connectivity index (χ2v) is 4.55. The standard InChI is InChI=1S/C11H23NO2/c1-8-5-3-4-6-9(8)7-10(12)11(13)14-2/h8-11,13H,3-7,12H2,1-2H3/t8-,9?,10?,11?/m0/s1. The zero-order valence-electron chi connectivity index (χ0n) is 9.28. The molecule has 1 aliphatic carbocycles. The van der Waals surface area contributed by atoms with Gasteiger partial charge in [0.05, 0.1) is 6.04 Å². The molecule has 84 valence electrons. The third-order valence-electron chi connectivity index (χ3n) is 3.47. The smallest absolute Gasteiger partial charge is 0.169 e. The Labute approximate surface area is 86.6 Å². The van der Waals surface area contributed by atoms with E-state index < -0.39 is 6.29 Å². The largest absolute Gasteiger partial charge is 0.367 e. The summed E-state index contributed by atoms with van der Waals surface area (Å²) in [6, 6.07) is -0.231. The van der Waals surface area contributed by atoms with Gasteiger partial charge < -0.3 is 15.6 Å². The van der Waals surface area contributed by atoms with E-state index in [1.807, 2.05) is 0 Å². The Bertz CT molecular complexity index is 163. The fourth-order valence-electron chi connectivity index (χ4n) is 2.38. The fourth-order valence-corrected chi connectivity index (χ4v) is 2.38. The number of hydrogen-bond acceptors (Lipinski definition) is 3. The SMILES string of the molecule is COC(O)C(N)CC1CCCC[C@@H]1C. The molecule has 0 bridgehead atoms. The van der Waals surface area contributed by atoms with Gasteiger partial charge in [-0.05, 0) is 18.3 Å². The van der Waals surface area contributed by atoms with Crippen molar-refractivity contribution < 1.29 is 9.84 Å². The highest BCUT2D eigenvalue weighted by Crippen LogP contribution is 2.32. The Hall–Kier alpha value is -0.120. The second-order valence-electron chi connectivity index (χ2n) is 4.55. The monoisotopic (exact) mass is 201 g/mol. The summed E-state index contributed by atoms with van der Waals surface area (Å²) in [7, 11) is 1.49. The Morgan fingerprint density at radius 1 is 1.43 bits per heavy atom. The molecule has 3 N–H and O–H groups in total. The van der Waals surface area contributed by atoms with E-state index in [1.165, 1.54) is 32.8 Å². The van der Waals surface area contributed by atoms with E-state index >= 15 is 0 Å². The zero-order chi connectivity index (χ0) is 10.6. The van der Waals surface area contributed by atoms with Crippen molar-refractivity contribution in [2.75, 3.05) is 7.11 Å². The molecule has 0 saturated heterocycles. The maximum absolute atomic E-state index is 9.40. The van der Waals surface area contributed by atoms with Crippen LogP contribution in [0, 0.1) is 11.8 Å². The molecule has 3 unspecified atom stereocenters. The number of methoxy groups -OCH3 is 1. The van der Waals surface area contributed by atoms with Crippen LogP contribution >= 0.6 is 0 Å². The lowest BCUT2D eigenvalue weighted by molar-refractivity contribution is -0.0947. The summed E-state index contributed by atoms with van der Waals surface area (Å²) in [4.78, 5) is 0. The van der Waals surface area contributed by atoms with Crippen molar-refractivity contribution in [2.45, 2.75) is 51.4 Å². The first-order chi connectivity index (χ1) is 6.65. The van der Waals surface area contributed by atoms with Crippen LogP contribution in [-0.4, -0.2) is 24.5 Å². The third-order valence-corrected chi connectivity index (χ3v) is 3.47. The van der Waals surface area contributed by atoms with Crippen LogP contribution in [0.1, 0.15) is 39.0 Å². The van der Waals surface area contributed by atoms with Gasteiger partial charge in [-0.2, -0.15) is 0 Å².